The topological polar surface area (TPSA) is 71.2 Å². The number of nitrogen functional groups attached to an aromatic ring is 1. The third-order valence-electron chi connectivity index (χ3n) is 2.45. The number of anilines is 2. The lowest BCUT2D eigenvalue weighted by atomic mass is 10.1. The van der Waals surface area contributed by atoms with Crippen LogP contribution >= 0.6 is 0 Å². The number of pyridine rings is 1. The fourth-order valence-electron chi connectivity index (χ4n) is 1.65. The molecule has 1 aromatic heterocycles. The SMILES string of the molecule is CC(O)CNc1c(F)cc(N)c2cccnc12. The number of hydrogen-bond donors (Lipinski definition) is 3. The van der Waals surface area contributed by atoms with Crippen LogP contribution in [0.5, 0.6) is 0 Å². The minimum absolute atomic E-state index is 0.256. The van der Waals surface area contributed by atoms with Crippen LogP contribution in [0.15, 0.2) is 24.4 Å². The Hall–Kier alpha value is -1.88. The number of nitrogens with one attached hydrogen (secondary N) is 1. The van der Waals surface area contributed by atoms with Crippen molar-refractivity contribution < 1.29 is 9.50 Å². The number of rotatable bonds is 3. The van der Waals surface area contributed by atoms with Crippen molar-refractivity contribution in [1.29, 1.82) is 0 Å². The highest BCUT2D eigenvalue weighted by Crippen LogP contribution is 2.29. The zero-order valence-corrected chi connectivity index (χ0v) is 9.44. The molecule has 0 amide bonds. The summed E-state index contributed by atoms with van der Waals surface area (Å²) in [7, 11) is 0. The summed E-state index contributed by atoms with van der Waals surface area (Å²) >= 11 is 0. The fourth-order valence-corrected chi connectivity index (χ4v) is 1.65. The molecule has 2 aromatic rings. The van der Waals surface area contributed by atoms with Crippen LogP contribution in [-0.2, 0) is 0 Å². The molecule has 1 heterocycles. The third kappa shape index (κ3) is 2.29. The smallest absolute Gasteiger partial charge is 0.150 e. The van der Waals surface area contributed by atoms with Gasteiger partial charge >= 0.3 is 0 Å². The molecule has 1 aromatic carbocycles. The second-order valence-corrected chi connectivity index (χ2v) is 3.95. The summed E-state index contributed by atoms with van der Waals surface area (Å²) in [5, 5.41) is 12.7. The lowest BCUT2D eigenvalue weighted by molar-refractivity contribution is 0.208. The molecule has 2 rings (SSSR count). The van der Waals surface area contributed by atoms with E-state index in [2.05, 4.69) is 10.3 Å². The number of aliphatic hydroxyl groups is 1. The van der Waals surface area contributed by atoms with Gasteiger partial charge in [-0.05, 0) is 25.1 Å². The second kappa shape index (κ2) is 4.55. The lowest BCUT2D eigenvalue weighted by Gasteiger charge is -2.12. The van der Waals surface area contributed by atoms with Gasteiger partial charge in [0.25, 0.3) is 0 Å². The summed E-state index contributed by atoms with van der Waals surface area (Å²) in [6, 6.07) is 4.79. The third-order valence-corrected chi connectivity index (χ3v) is 2.45. The van der Waals surface area contributed by atoms with E-state index in [0.717, 1.165) is 0 Å². The first-order valence-corrected chi connectivity index (χ1v) is 5.34. The average Bonchev–Trinajstić information content (AvgIpc) is 2.28. The Morgan fingerprint density at radius 2 is 2.35 bits per heavy atom. The zero-order chi connectivity index (χ0) is 12.4. The summed E-state index contributed by atoms with van der Waals surface area (Å²) < 4.78 is 13.8. The molecule has 0 spiro atoms. The van der Waals surface area contributed by atoms with E-state index in [4.69, 9.17) is 5.73 Å². The number of benzene rings is 1. The molecule has 0 aliphatic heterocycles. The van der Waals surface area contributed by atoms with E-state index in [9.17, 15) is 9.50 Å². The lowest BCUT2D eigenvalue weighted by Crippen LogP contribution is -2.16. The first-order valence-electron chi connectivity index (χ1n) is 5.34. The fraction of sp³-hybridized carbons (Fsp3) is 0.250. The van der Waals surface area contributed by atoms with Gasteiger partial charge in [-0.2, -0.15) is 0 Å². The van der Waals surface area contributed by atoms with Crippen LogP contribution in [0.25, 0.3) is 10.9 Å². The number of nitrogens with two attached hydrogens (primary N) is 1. The Bertz CT molecular complexity index is 543. The molecule has 1 unspecified atom stereocenters. The molecule has 0 saturated heterocycles. The summed E-state index contributed by atoms with van der Waals surface area (Å²) in [4.78, 5) is 4.12. The van der Waals surface area contributed by atoms with Crippen molar-refractivity contribution in [1.82, 2.24) is 4.98 Å². The van der Waals surface area contributed by atoms with Gasteiger partial charge in [-0.25, -0.2) is 4.39 Å². The van der Waals surface area contributed by atoms with Crippen molar-refractivity contribution in [2.45, 2.75) is 13.0 Å². The quantitative estimate of drug-likeness (QED) is 0.709. The Morgan fingerprint density at radius 1 is 1.59 bits per heavy atom. The van der Waals surface area contributed by atoms with Crippen molar-refractivity contribution in [3.8, 4) is 0 Å². The summed E-state index contributed by atoms with van der Waals surface area (Å²) in [6.45, 7) is 1.88. The molecule has 0 aliphatic carbocycles. The van der Waals surface area contributed by atoms with Gasteiger partial charge in [0.15, 0.2) is 5.82 Å². The summed E-state index contributed by atoms with van der Waals surface area (Å²) in [6.07, 6.45) is 1.01. The van der Waals surface area contributed by atoms with Crippen LogP contribution in [0, 0.1) is 5.82 Å². The normalized spacial score (nSPS) is 12.6. The van der Waals surface area contributed by atoms with E-state index in [0.29, 0.717) is 16.6 Å². The van der Waals surface area contributed by atoms with E-state index >= 15 is 0 Å². The van der Waals surface area contributed by atoms with Crippen molar-refractivity contribution in [2.75, 3.05) is 17.6 Å². The minimum Gasteiger partial charge on any atom is -0.398 e. The number of aliphatic hydroxyl groups excluding tert-OH is 1. The molecule has 0 bridgehead atoms. The van der Waals surface area contributed by atoms with Crippen molar-refractivity contribution in [3.63, 3.8) is 0 Å². The number of halogens is 1. The molecule has 0 radical (unpaired) electrons. The monoisotopic (exact) mass is 235 g/mol. The zero-order valence-electron chi connectivity index (χ0n) is 9.44. The second-order valence-electron chi connectivity index (χ2n) is 3.95. The predicted octanol–water partition coefficient (Wildman–Crippen LogP) is 1.75. The Labute approximate surface area is 98.3 Å². The molecule has 4 nitrogen and oxygen atoms in total. The Kier molecular flexibility index (Phi) is 3.10. The Balaban J connectivity index is 2.53. The number of nitrogens with zero attached hydrogens (tertiary/aromatic N) is 1. The summed E-state index contributed by atoms with van der Waals surface area (Å²) in [5.41, 5.74) is 6.83. The number of fused-ring (bicyclic) bond motifs is 1. The van der Waals surface area contributed by atoms with Gasteiger partial charge in [0, 0.05) is 23.8 Å². The molecule has 17 heavy (non-hydrogen) atoms. The summed E-state index contributed by atoms with van der Waals surface area (Å²) in [5.74, 6) is -0.464. The van der Waals surface area contributed by atoms with Crippen molar-refractivity contribution >= 4 is 22.3 Å². The van der Waals surface area contributed by atoms with Crippen LogP contribution in [0.1, 0.15) is 6.92 Å². The van der Waals surface area contributed by atoms with Crippen molar-refractivity contribution in [3.05, 3.63) is 30.2 Å². The Morgan fingerprint density at radius 3 is 3.06 bits per heavy atom. The maximum Gasteiger partial charge on any atom is 0.150 e. The first-order chi connectivity index (χ1) is 8.09. The van der Waals surface area contributed by atoms with E-state index in [-0.39, 0.29) is 12.2 Å². The minimum atomic E-state index is -0.564. The molecule has 5 heteroatoms. The first kappa shape index (κ1) is 11.6. The van der Waals surface area contributed by atoms with Gasteiger partial charge in [0.2, 0.25) is 0 Å². The van der Waals surface area contributed by atoms with Gasteiger partial charge < -0.3 is 16.2 Å². The van der Waals surface area contributed by atoms with Gasteiger partial charge in [0.05, 0.1) is 17.3 Å². The predicted molar refractivity (Wildman–Crippen MR) is 66.3 cm³/mol. The number of aromatic nitrogens is 1. The van der Waals surface area contributed by atoms with Gasteiger partial charge in [-0.15, -0.1) is 0 Å². The molecule has 1 atom stereocenters. The molecule has 0 aliphatic rings. The molecule has 90 valence electrons. The highest BCUT2D eigenvalue weighted by molar-refractivity contribution is 5.98. The maximum absolute atomic E-state index is 13.8. The molecular formula is C12H14FN3O. The standard InChI is InChI=1S/C12H14FN3O/c1-7(17)6-16-12-9(13)5-10(14)8-3-2-4-15-11(8)12/h2-5,7,16-17H,6,14H2,1H3. The van der Waals surface area contributed by atoms with Crippen LogP contribution < -0.4 is 11.1 Å². The van der Waals surface area contributed by atoms with Crippen LogP contribution in [0.4, 0.5) is 15.8 Å². The highest BCUT2D eigenvalue weighted by atomic mass is 19.1. The van der Waals surface area contributed by atoms with E-state index in [1.807, 2.05) is 0 Å². The van der Waals surface area contributed by atoms with Crippen molar-refractivity contribution in [2.24, 2.45) is 0 Å². The maximum atomic E-state index is 13.8. The van der Waals surface area contributed by atoms with Crippen LogP contribution in [0.2, 0.25) is 0 Å². The van der Waals surface area contributed by atoms with Crippen LogP contribution in [-0.4, -0.2) is 22.7 Å². The molecule has 0 fully saturated rings. The average molecular weight is 235 g/mol. The molecule has 4 N–H and O–H groups in total. The molecular weight excluding hydrogens is 221 g/mol. The van der Waals surface area contributed by atoms with E-state index in [1.54, 1.807) is 25.3 Å². The molecule has 0 saturated carbocycles. The largest absolute Gasteiger partial charge is 0.398 e. The van der Waals surface area contributed by atoms with Crippen LogP contribution in [0.3, 0.4) is 0 Å². The van der Waals surface area contributed by atoms with E-state index in [1.165, 1.54) is 6.07 Å². The highest BCUT2D eigenvalue weighted by Gasteiger charge is 2.11. The van der Waals surface area contributed by atoms with Gasteiger partial charge in [-0.3, -0.25) is 4.98 Å². The van der Waals surface area contributed by atoms with Gasteiger partial charge in [-0.1, -0.05) is 0 Å². The van der Waals surface area contributed by atoms with Gasteiger partial charge in [0.1, 0.15) is 0 Å². The van der Waals surface area contributed by atoms with E-state index < -0.39 is 11.9 Å². The number of hydrogen-bond acceptors (Lipinski definition) is 4.